The Balaban J connectivity index is 2.65. The van der Waals surface area contributed by atoms with Crippen molar-refractivity contribution in [3.8, 4) is 0 Å². The average Bonchev–Trinajstić information content (AvgIpc) is 2.52. The first-order chi connectivity index (χ1) is 6.93. The summed E-state index contributed by atoms with van der Waals surface area (Å²) in [5.41, 5.74) is -0.129. The molecule has 0 aliphatic heterocycles. The quantitative estimate of drug-likeness (QED) is 0.765. The smallest absolute Gasteiger partial charge is 0.234 e. The van der Waals surface area contributed by atoms with E-state index in [0.717, 1.165) is 6.42 Å². The maximum Gasteiger partial charge on any atom is 0.234 e. The molecule has 0 saturated carbocycles. The molecule has 1 aromatic rings. The van der Waals surface area contributed by atoms with Gasteiger partial charge in [0.05, 0.1) is 6.42 Å². The van der Waals surface area contributed by atoms with Crippen molar-refractivity contribution in [2.75, 3.05) is 0 Å². The molecule has 1 rings (SSSR count). The minimum absolute atomic E-state index is 0.129. The third kappa shape index (κ3) is 3.46. The van der Waals surface area contributed by atoms with Crippen LogP contribution in [0.1, 0.15) is 52.3 Å². The van der Waals surface area contributed by atoms with Gasteiger partial charge in [-0.1, -0.05) is 32.9 Å². The Hall–Kier alpha value is -1.19. The number of Topliss-reactive ketones (excluding diaryl/α,β-unsaturated/α-hetero) is 1. The number of hydrogen-bond acceptors (Lipinski definition) is 4. The Morgan fingerprint density at radius 3 is 2.53 bits per heavy atom. The molecule has 0 spiro atoms. The lowest BCUT2D eigenvalue weighted by Gasteiger charge is -2.10. The summed E-state index contributed by atoms with van der Waals surface area (Å²) in [5.74, 6) is 1.24. The predicted octanol–water partition coefficient (Wildman–Crippen LogP) is 2.28. The summed E-state index contributed by atoms with van der Waals surface area (Å²) in [5, 5.41) is 3.86. The molecule has 1 heterocycles. The van der Waals surface area contributed by atoms with E-state index in [1.165, 1.54) is 0 Å². The molecule has 0 bridgehead atoms. The molecule has 0 aliphatic rings. The Kier molecular flexibility index (Phi) is 3.61. The zero-order valence-electron chi connectivity index (χ0n) is 9.83. The van der Waals surface area contributed by atoms with E-state index in [-0.39, 0.29) is 17.6 Å². The Morgan fingerprint density at radius 1 is 1.40 bits per heavy atom. The highest BCUT2D eigenvalue weighted by Crippen LogP contribution is 2.18. The molecule has 0 saturated heterocycles. The normalized spacial score (nSPS) is 11.7. The second-order valence-corrected chi connectivity index (χ2v) is 4.73. The lowest BCUT2D eigenvalue weighted by Crippen LogP contribution is -2.13. The molecule has 0 radical (unpaired) electrons. The van der Waals surface area contributed by atoms with Gasteiger partial charge in [-0.15, -0.1) is 0 Å². The Labute approximate surface area is 90.1 Å². The largest absolute Gasteiger partial charge is 0.339 e. The van der Waals surface area contributed by atoms with Crippen LogP contribution in [-0.2, 0) is 16.6 Å². The number of carbonyl (C=O) groups excluding carboxylic acids is 1. The summed E-state index contributed by atoms with van der Waals surface area (Å²) in [7, 11) is 0. The summed E-state index contributed by atoms with van der Waals surface area (Å²) in [4.78, 5) is 15.5. The van der Waals surface area contributed by atoms with E-state index in [9.17, 15) is 4.79 Å². The summed E-state index contributed by atoms with van der Waals surface area (Å²) in [6.45, 7) is 8.01. The molecule has 4 heteroatoms. The van der Waals surface area contributed by atoms with E-state index >= 15 is 0 Å². The molecule has 4 nitrogen and oxygen atoms in total. The van der Waals surface area contributed by atoms with Crippen molar-refractivity contribution in [1.29, 1.82) is 0 Å². The minimum Gasteiger partial charge on any atom is -0.339 e. The van der Waals surface area contributed by atoms with Gasteiger partial charge < -0.3 is 4.52 Å². The van der Waals surface area contributed by atoms with Crippen molar-refractivity contribution in [2.45, 2.75) is 52.4 Å². The van der Waals surface area contributed by atoms with Crippen LogP contribution in [-0.4, -0.2) is 15.9 Å². The van der Waals surface area contributed by atoms with Crippen LogP contribution in [0, 0.1) is 0 Å². The molecule has 0 unspecified atom stereocenters. The van der Waals surface area contributed by atoms with E-state index < -0.39 is 0 Å². The van der Waals surface area contributed by atoms with Crippen LogP contribution in [0.25, 0.3) is 0 Å². The summed E-state index contributed by atoms with van der Waals surface area (Å²) < 4.78 is 5.03. The van der Waals surface area contributed by atoms with Crippen LogP contribution < -0.4 is 0 Å². The third-order valence-electron chi connectivity index (χ3n) is 2.02. The number of nitrogens with zero attached hydrogens (tertiary/aromatic N) is 2. The monoisotopic (exact) mass is 210 g/mol. The Morgan fingerprint density at radius 2 is 2.07 bits per heavy atom. The van der Waals surface area contributed by atoms with E-state index in [1.807, 2.05) is 27.7 Å². The standard InChI is InChI=1S/C11H18N2O2/c1-5-6-8(14)7-9-12-10(13-15-9)11(2,3)4/h5-7H2,1-4H3. The molecule has 0 fully saturated rings. The molecule has 0 aromatic carbocycles. The van der Waals surface area contributed by atoms with Crippen LogP contribution in [0.5, 0.6) is 0 Å². The first-order valence-electron chi connectivity index (χ1n) is 5.28. The fourth-order valence-electron chi connectivity index (χ4n) is 1.17. The molecule has 84 valence electrons. The van der Waals surface area contributed by atoms with Crippen LogP contribution in [0.2, 0.25) is 0 Å². The van der Waals surface area contributed by atoms with Crippen molar-refractivity contribution in [2.24, 2.45) is 0 Å². The highest BCUT2D eigenvalue weighted by atomic mass is 16.5. The van der Waals surface area contributed by atoms with Gasteiger partial charge in [-0.25, -0.2) is 0 Å². The van der Waals surface area contributed by atoms with Crippen molar-refractivity contribution >= 4 is 5.78 Å². The van der Waals surface area contributed by atoms with Crippen molar-refractivity contribution < 1.29 is 9.32 Å². The van der Waals surface area contributed by atoms with Gasteiger partial charge in [0, 0.05) is 11.8 Å². The molecule has 0 N–H and O–H groups in total. The van der Waals surface area contributed by atoms with Crippen molar-refractivity contribution in [3.63, 3.8) is 0 Å². The SMILES string of the molecule is CCCC(=O)Cc1nc(C(C)(C)C)no1. The number of carbonyl (C=O) groups is 1. The summed E-state index contributed by atoms with van der Waals surface area (Å²) >= 11 is 0. The fraction of sp³-hybridized carbons (Fsp3) is 0.727. The zero-order chi connectivity index (χ0) is 11.5. The molecule has 0 amide bonds. The topological polar surface area (TPSA) is 56.0 Å². The second kappa shape index (κ2) is 4.55. The Bertz CT molecular complexity index is 337. The van der Waals surface area contributed by atoms with Gasteiger partial charge in [-0.3, -0.25) is 4.79 Å². The summed E-state index contributed by atoms with van der Waals surface area (Å²) in [6.07, 6.45) is 1.70. The molecule has 1 aromatic heterocycles. The first kappa shape index (κ1) is 11.9. The van der Waals surface area contributed by atoms with E-state index in [4.69, 9.17) is 4.52 Å². The van der Waals surface area contributed by atoms with Crippen LogP contribution in [0.15, 0.2) is 4.52 Å². The van der Waals surface area contributed by atoms with Crippen LogP contribution in [0.3, 0.4) is 0 Å². The molecular formula is C11H18N2O2. The number of aromatic nitrogens is 2. The molecular weight excluding hydrogens is 192 g/mol. The first-order valence-corrected chi connectivity index (χ1v) is 5.28. The van der Waals surface area contributed by atoms with Gasteiger partial charge in [0.1, 0.15) is 5.78 Å². The van der Waals surface area contributed by atoms with E-state index in [1.54, 1.807) is 0 Å². The highest BCUT2D eigenvalue weighted by Gasteiger charge is 2.21. The van der Waals surface area contributed by atoms with Crippen molar-refractivity contribution in [3.05, 3.63) is 11.7 Å². The van der Waals surface area contributed by atoms with Gasteiger partial charge in [-0.2, -0.15) is 4.98 Å². The predicted molar refractivity (Wildman–Crippen MR) is 56.6 cm³/mol. The second-order valence-electron chi connectivity index (χ2n) is 4.73. The third-order valence-corrected chi connectivity index (χ3v) is 2.02. The number of ketones is 1. The van der Waals surface area contributed by atoms with Gasteiger partial charge in [-0.05, 0) is 6.42 Å². The lowest BCUT2D eigenvalue weighted by atomic mass is 9.96. The maximum absolute atomic E-state index is 11.3. The van der Waals surface area contributed by atoms with E-state index in [2.05, 4.69) is 10.1 Å². The average molecular weight is 210 g/mol. The number of rotatable bonds is 4. The summed E-state index contributed by atoms with van der Waals surface area (Å²) in [6, 6.07) is 0. The maximum atomic E-state index is 11.3. The van der Waals surface area contributed by atoms with Crippen LogP contribution >= 0.6 is 0 Å². The molecule has 15 heavy (non-hydrogen) atoms. The fourth-order valence-corrected chi connectivity index (χ4v) is 1.17. The molecule has 0 aliphatic carbocycles. The van der Waals surface area contributed by atoms with Gasteiger partial charge in [0.25, 0.3) is 0 Å². The molecule has 0 atom stereocenters. The van der Waals surface area contributed by atoms with Crippen molar-refractivity contribution in [1.82, 2.24) is 10.1 Å². The van der Waals surface area contributed by atoms with Gasteiger partial charge in [0.2, 0.25) is 5.89 Å². The number of hydrogen-bond donors (Lipinski definition) is 0. The van der Waals surface area contributed by atoms with Crippen LogP contribution in [0.4, 0.5) is 0 Å². The van der Waals surface area contributed by atoms with Gasteiger partial charge in [0.15, 0.2) is 5.82 Å². The lowest BCUT2D eigenvalue weighted by molar-refractivity contribution is -0.118. The van der Waals surface area contributed by atoms with E-state index in [0.29, 0.717) is 18.1 Å². The van der Waals surface area contributed by atoms with Gasteiger partial charge >= 0.3 is 0 Å². The zero-order valence-corrected chi connectivity index (χ0v) is 9.83. The highest BCUT2D eigenvalue weighted by molar-refractivity contribution is 5.79. The minimum atomic E-state index is -0.129.